The van der Waals surface area contributed by atoms with Crippen molar-refractivity contribution in [2.75, 3.05) is 13.2 Å². The van der Waals surface area contributed by atoms with E-state index in [-0.39, 0.29) is 12.0 Å². The van der Waals surface area contributed by atoms with Gasteiger partial charge in [0.1, 0.15) is 18.2 Å². The van der Waals surface area contributed by atoms with Crippen LogP contribution in [0.15, 0.2) is 12.7 Å². The van der Waals surface area contributed by atoms with Crippen LogP contribution in [-0.2, 0) is 14.3 Å². The van der Waals surface area contributed by atoms with E-state index < -0.39 is 5.60 Å². The lowest BCUT2D eigenvalue weighted by atomic mass is 10.1. The van der Waals surface area contributed by atoms with Gasteiger partial charge < -0.3 is 14.4 Å². The maximum absolute atomic E-state index is 12.1. The monoisotopic (exact) mass is 271 g/mol. The minimum Gasteiger partial charge on any atom is -0.467 e. The SMILES string of the molecule is C=CCOC(=S)N1CCCC1C(=O)OC(C)(C)C. The second-order valence-corrected chi connectivity index (χ2v) is 5.60. The van der Waals surface area contributed by atoms with Gasteiger partial charge >= 0.3 is 5.97 Å². The minimum absolute atomic E-state index is 0.232. The third kappa shape index (κ3) is 4.29. The van der Waals surface area contributed by atoms with Crippen molar-refractivity contribution >= 4 is 23.4 Å². The highest BCUT2D eigenvalue weighted by molar-refractivity contribution is 7.80. The average molecular weight is 271 g/mol. The van der Waals surface area contributed by atoms with Gasteiger partial charge in [-0.1, -0.05) is 12.7 Å². The molecule has 1 heterocycles. The molecule has 102 valence electrons. The Morgan fingerprint density at radius 3 is 2.78 bits per heavy atom. The van der Waals surface area contributed by atoms with Crippen LogP contribution in [0.25, 0.3) is 0 Å². The number of carbonyl (C=O) groups is 1. The Bertz CT molecular complexity index is 336. The van der Waals surface area contributed by atoms with Crippen LogP contribution in [0.1, 0.15) is 33.6 Å². The first-order valence-corrected chi connectivity index (χ1v) is 6.53. The van der Waals surface area contributed by atoms with Crippen LogP contribution in [0.2, 0.25) is 0 Å². The number of likely N-dealkylation sites (tertiary alicyclic amines) is 1. The van der Waals surface area contributed by atoms with E-state index in [2.05, 4.69) is 6.58 Å². The normalized spacial score (nSPS) is 19.5. The number of nitrogens with zero attached hydrogens (tertiary/aromatic N) is 1. The van der Waals surface area contributed by atoms with Crippen LogP contribution in [0, 0.1) is 0 Å². The van der Waals surface area contributed by atoms with Crippen molar-refractivity contribution in [3.63, 3.8) is 0 Å². The van der Waals surface area contributed by atoms with Crippen molar-refractivity contribution in [1.29, 1.82) is 0 Å². The Morgan fingerprint density at radius 1 is 1.56 bits per heavy atom. The van der Waals surface area contributed by atoms with Crippen LogP contribution in [-0.4, -0.2) is 40.8 Å². The number of hydrogen-bond acceptors (Lipinski definition) is 4. The molecule has 0 aromatic rings. The summed E-state index contributed by atoms with van der Waals surface area (Å²) in [5, 5.41) is 0.350. The maximum Gasteiger partial charge on any atom is 0.329 e. The van der Waals surface area contributed by atoms with Gasteiger partial charge in [0.05, 0.1) is 0 Å². The molecule has 1 saturated heterocycles. The van der Waals surface area contributed by atoms with Gasteiger partial charge in [-0.25, -0.2) is 4.79 Å². The molecule has 1 aliphatic rings. The van der Waals surface area contributed by atoms with Crippen LogP contribution < -0.4 is 0 Å². The number of ether oxygens (including phenoxy) is 2. The topological polar surface area (TPSA) is 38.8 Å². The molecule has 0 spiro atoms. The van der Waals surface area contributed by atoms with Crippen molar-refractivity contribution in [3.8, 4) is 0 Å². The van der Waals surface area contributed by atoms with E-state index in [9.17, 15) is 4.79 Å². The Hall–Kier alpha value is -1.10. The minimum atomic E-state index is -0.477. The van der Waals surface area contributed by atoms with Crippen molar-refractivity contribution in [2.24, 2.45) is 0 Å². The fraction of sp³-hybridized carbons (Fsp3) is 0.692. The maximum atomic E-state index is 12.1. The van der Waals surface area contributed by atoms with Gasteiger partial charge in [-0.05, 0) is 45.8 Å². The summed E-state index contributed by atoms with van der Waals surface area (Å²) in [7, 11) is 0. The molecule has 1 atom stereocenters. The highest BCUT2D eigenvalue weighted by Crippen LogP contribution is 2.22. The fourth-order valence-electron chi connectivity index (χ4n) is 1.81. The Kier molecular flexibility index (Phi) is 5.14. The first-order valence-electron chi connectivity index (χ1n) is 6.12. The zero-order valence-electron chi connectivity index (χ0n) is 11.3. The number of esters is 1. The molecule has 1 rings (SSSR count). The predicted molar refractivity (Wildman–Crippen MR) is 74.3 cm³/mol. The molecule has 0 aromatic heterocycles. The van der Waals surface area contributed by atoms with E-state index in [4.69, 9.17) is 21.7 Å². The standard InChI is InChI=1S/C13H21NO3S/c1-5-9-16-12(18)14-8-6-7-10(14)11(15)17-13(2,3)4/h5,10H,1,6-9H2,2-4H3. The van der Waals surface area contributed by atoms with E-state index in [0.717, 1.165) is 19.4 Å². The fourth-order valence-corrected chi connectivity index (χ4v) is 2.10. The van der Waals surface area contributed by atoms with Crippen molar-refractivity contribution in [1.82, 2.24) is 4.90 Å². The highest BCUT2D eigenvalue weighted by Gasteiger charge is 2.36. The second kappa shape index (κ2) is 6.18. The quantitative estimate of drug-likeness (QED) is 0.447. The molecule has 1 unspecified atom stereocenters. The van der Waals surface area contributed by atoms with E-state index in [1.54, 1.807) is 11.0 Å². The van der Waals surface area contributed by atoms with E-state index in [1.807, 2.05) is 20.8 Å². The van der Waals surface area contributed by atoms with Gasteiger partial charge in [0.2, 0.25) is 0 Å². The molecule has 0 radical (unpaired) electrons. The summed E-state index contributed by atoms with van der Waals surface area (Å²) in [4.78, 5) is 13.8. The summed E-state index contributed by atoms with van der Waals surface area (Å²) in [5.74, 6) is -0.232. The molecule has 0 N–H and O–H groups in total. The smallest absolute Gasteiger partial charge is 0.329 e. The number of thiocarbonyl (C=S) groups is 1. The van der Waals surface area contributed by atoms with Gasteiger partial charge in [0.25, 0.3) is 5.17 Å². The summed E-state index contributed by atoms with van der Waals surface area (Å²) in [6, 6.07) is -0.318. The van der Waals surface area contributed by atoms with E-state index in [1.165, 1.54) is 0 Å². The van der Waals surface area contributed by atoms with Crippen LogP contribution in [0.4, 0.5) is 0 Å². The molecule has 0 bridgehead atoms. The van der Waals surface area contributed by atoms with Gasteiger partial charge in [0.15, 0.2) is 0 Å². The molecule has 0 amide bonds. The molecule has 0 aliphatic carbocycles. The summed E-state index contributed by atoms with van der Waals surface area (Å²) in [6.45, 7) is 10.2. The molecule has 18 heavy (non-hydrogen) atoms. The summed E-state index contributed by atoms with van der Waals surface area (Å²) >= 11 is 5.17. The highest BCUT2D eigenvalue weighted by atomic mass is 32.1. The lowest BCUT2D eigenvalue weighted by molar-refractivity contribution is -0.159. The lowest BCUT2D eigenvalue weighted by Crippen LogP contribution is -2.43. The second-order valence-electron chi connectivity index (χ2n) is 5.25. The van der Waals surface area contributed by atoms with Crippen LogP contribution in [0.5, 0.6) is 0 Å². The first kappa shape index (κ1) is 15.0. The molecule has 0 saturated carbocycles. The summed E-state index contributed by atoms with van der Waals surface area (Å²) in [6.07, 6.45) is 3.30. The lowest BCUT2D eigenvalue weighted by Gasteiger charge is -2.28. The van der Waals surface area contributed by atoms with Crippen molar-refractivity contribution in [3.05, 3.63) is 12.7 Å². The van der Waals surface area contributed by atoms with Crippen LogP contribution in [0.3, 0.4) is 0 Å². The Labute approximate surface area is 114 Å². The molecular weight excluding hydrogens is 250 g/mol. The van der Waals surface area contributed by atoms with Gasteiger partial charge in [0, 0.05) is 6.54 Å². The average Bonchev–Trinajstić information content (AvgIpc) is 2.72. The third-order valence-corrected chi connectivity index (χ3v) is 2.84. The molecular formula is C13H21NO3S. The zero-order valence-corrected chi connectivity index (χ0v) is 12.1. The predicted octanol–water partition coefficient (Wildman–Crippen LogP) is 2.28. The molecule has 0 aromatic carbocycles. The summed E-state index contributed by atoms with van der Waals surface area (Å²) in [5.41, 5.74) is -0.477. The third-order valence-electron chi connectivity index (χ3n) is 2.49. The van der Waals surface area contributed by atoms with Crippen molar-refractivity contribution in [2.45, 2.75) is 45.3 Å². The number of hydrogen-bond donors (Lipinski definition) is 0. The zero-order chi connectivity index (χ0) is 13.8. The van der Waals surface area contributed by atoms with E-state index >= 15 is 0 Å². The van der Waals surface area contributed by atoms with Crippen LogP contribution >= 0.6 is 12.2 Å². The molecule has 1 aliphatic heterocycles. The largest absolute Gasteiger partial charge is 0.467 e. The van der Waals surface area contributed by atoms with Gasteiger partial charge in [-0.2, -0.15) is 0 Å². The Balaban J connectivity index is 2.61. The molecule has 4 nitrogen and oxygen atoms in total. The Morgan fingerprint density at radius 2 is 2.22 bits per heavy atom. The summed E-state index contributed by atoms with van der Waals surface area (Å²) < 4.78 is 10.7. The van der Waals surface area contributed by atoms with E-state index in [0.29, 0.717) is 11.8 Å². The molecule has 1 fully saturated rings. The van der Waals surface area contributed by atoms with Gasteiger partial charge in [-0.15, -0.1) is 0 Å². The number of rotatable bonds is 3. The van der Waals surface area contributed by atoms with Crippen molar-refractivity contribution < 1.29 is 14.3 Å². The van der Waals surface area contributed by atoms with Gasteiger partial charge in [-0.3, -0.25) is 0 Å². The molecule has 5 heteroatoms. The number of carbonyl (C=O) groups excluding carboxylic acids is 1. The first-order chi connectivity index (χ1) is 8.35.